The third kappa shape index (κ3) is 1.10. The molecule has 10 heavy (non-hydrogen) atoms. The van der Waals surface area contributed by atoms with E-state index in [4.69, 9.17) is 0 Å². The van der Waals surface area contributed by atoms with E-state index in [1.54, 1.807) is 0 Å². The maximum atomic E-state index is 10.8. The maximum Gasteiger partial charge on any atom is 0.414 e. The van der Waals surface area contributed by atoms with Gasteiger partial charge < -0.3 is 4.74 Å². The van der Waals surface area contributed by atoms with E-state index in [1.807, 2.05) is 19.2 Å². The van der Waals surface area contributed by atoms with Crippen LogP contribution in [-0.2, 0) is 9.53 Å². The van der Waals surface area contributed by atoms with Crippen molar-refractivity contribution in [2.75, 3.05) is 0 Å². The fourth-order valence-corrected chi connectivity index (χ4v) is 0.809. The molecule has 0 aromatic carbocycles. The van der Waals surface area contributed by atoms with Gasteiger partial charge >= 0.3 is 6.09 Å². The second kappa shape index (κ2) is 2.28. The molecule has 1 rings (SSSR count). The fraction of sp³-hybridized carbons (Fsp3) is 0.667. The summed E-state index contributed by atoms with van der Waals surface area (Å²) in [6, 6.07) is 0. The number of ether oxygens (including phenoxy) is 1. The number of hydrogen-bond acceptors (Lipinski definition) is 3. The van der Waals surface area contributed by atoms with Crippen LogP contribution in [0.3, 0.4) is 0 Å². The van der Waals surface area contributed by atoms with Crippen molar-refractivity contribution < 1.29 is 14.3 Å². The van der Waals surface area contributed by atoms with E-state index in [1.165, 1.54) is 0 Å². The van der Waals surface area contributed by atoms with Gasteiger partial charge in [0.1, 0.15) is 0 Å². The van der Waals surface area contributed by atoms with Gasteiger partial charge in [-0.3, -0.25) is 10.1 Å². The molecule has 1 aliphatic rings. The van der Waals surface area contributed by atoms with Gasteiger partial charge in [0.25, 0.3) is 5.91 Å². The highest BCUT2D eigenvalue weighted by molar-refractivity contribution is 6.00. The summed E-state index contributed by atoms with van der Waals surface area (Å²) < 4.78 is 4.64. The van der Waals surface area contributed by atoms with Crippen molar-refractivity contribution in [3.05, 3.63) is 0 Å². The Morgan fingerprint density at radius 2 is 2.10 bits per heavy atom. The van der Waals surface area contributed by atoms with Crippen molar-refractivity contribution in [1.29, 1.82) is 0 Å². The largest absolute Gasteiger partial charge is 0.436 e. The van der Waals surface area contributed by atoms with Gasteiger partial charge in [-0.25, -0.2) is 4.79 Å². The molecule has 1 saturated heterocycles. The van der Waals surface area contributed by atoms with Crippen LogP contribution in [0.5, 0.6) is 0 Å². The average molecular weight is 143 g/mol. The van der Waals surface area contributed by atoms with Gasteiger partial charge in [0.05, 0.1) is 0 Å². The van der Waals surface area contributed by atoms with Crippen molar-refractivity contribution in [1.82, 2.24) is 5.32 Å². The number of cyclic esters (lactones) is 1. The Hall–Kier alpha value is -1.06. The molecular formula is C6H9NO3. The standard InChI is InChI=1S/C6H9NO3/c1-3(2)4-5(8)7-6(9)10-4/h3-4H,1-2H3,(H,7,8,9). The third-order valence-corrected chi connectivity index (χ3v) is 1.32. The SMILES string of the molecule is CC(C)C1OC(=O)NC1=O. The predicted molar refractivity (Wildman–Crippen MR) is 33.2 cm³/mol. The van der Waals surface area contributed by atoms with Crippen LogP contribution in [0.15, 0.2) is 0 Å². The van der Waals surface area contributed by atoms with Crippen LogP contribution in [-0.4, -0.2) is 18.1 Å². The number of carbonyl (C=O) groups excluding carboxylic acids is 2. The Labute approximate surface area is 58.5 Å². The smallest absolute Gasteiger partial charge is 0.414 e. The molecular weight excluding hydrogens is 134 g/mol. The van der Waals surface area contributed by atoms with E-state index in [0.717, 1.165) is 0 Å². The highest BCUT2D eigenvalue weighted by Crippen LogP contribution is 2.11. The molecule has 2 amide bonds. The lowest BCUT2D eigenvalue weighted by molar-refractivity contribution is -0.124. The lowest BCUT2D eigenvalue weighted by Crippen LogP contribution is -2.27. The summed E-state index contributed by atoms with van der Waals surface area (Å²) in [7, 11) is 0. The summed E-state index contributed by atoms with van der Waals surface area (Å²) in [5.74, 6) is -0.286. The minimum atomic E-state index is -0.635. The van der Waals surface area contributed by atoms with Gasteiger partial charge in [0, 0.05) is 0 Å². The molecule has 0 radical (unpaired) electrons. The molecule has 1 heterocycles. The zero-order chi connectivity index (χ0) is 7.72. The van der Waals surface area contributed by atoms with Crippen molar-refractivity contribution in [3.8, 4) is 0 Å². The van der Waals surface area contributed by atoms with E-state index in [2.05, 4.69) is 4.74 Å². The predicted octanol–water partition coefficient (Wildman–Crippen LogP) is 0.277. The highest BCUT2D eigenvalue weighted by atomic mass is 16.6. The first-order valence-electron chi connectivity index (χ1n) is 3.12. The molecule has 0 bridgehead atoms. The molecule has 1 atom stereocenters. The van der Waals surface area contributed by atoms with Gasteiger partial charge in [-0.1, -0.05) is 13.8 Å². The first-order chi connectivity index (χ1) is 4.61. The number of amides is 2. The summed E-state index contributed by atoms with van der Waals surface area (Å²) in [6.45, 7) is 3.64. The van der Waals surface area contributed by atoms with E-state index >= 15 is 0 Å². The molecule has 1 N–H and O–H groups in total. The Kier molecular flexibility index (Phi) is 1.61. The van der Waals surface area contributed by atoms with Gasteiger partial charge in [-0.2, -0.15) is 0 Å². The minimum Gasteiger partial charge on any atom is -0.436 e. The number of imide groups is 1. The van der Waals surface area contributed by atoms with E-state index in [9.17, 15) is 9.59 Å². The quantitative estimate of drug-likeness (QED) is 0.573. The molecule has 1 unspecified atom stereocenters. The van der Waals surface area contributed by atoms with Crippen LogP contribution in [0.1, 0.15) is 13.8 Å². The Morgan fingerprint density at radius 1 is 1.50 bits per heavy atom. The van der Waals surface area contributed by atoms with Crippen LogP contribution in [0.25, 0.3) is 0 Å². The Morgan fingerprint density at radius 3 is 2.30 bits per heavy atom. The molecule has 1 aliphatic heterocycles. The summed E-state index contributed by atoms with van der Waals surface area (Å²) in [6.07, 6.45) is -1.23. The van der Waals surface area contributed by atoms with Crippen LogP contribution in [0, 0.1) is 5.92 Å². The zero-order valence-electron chi connectivity index (χ0n) is 5.88. The van der Waals surface area contributed by atoms with Crippen LogP contribution in [0.4, 0.5) is 4.79 Å². The van der Waals surface area contributed by atoms with Gasteiger partial charge in [-0.15, -0.1) is 0 Å². The summed E-state index contributed by atoms with van der Waals surface area (Å²) in [5.41, 5.74) is 0. The van der Waals surface area contributed by atoms with Crippen molar-refractivity contribution in [2.24, 2.45) is 5.92 Å². The van der Waals surface area contributed by atoms with Crippen molar-refractivity contribution in [2.45, 2.75) is 20.0 Å². The number of carbonyl (C=O) groups is 2. The highest BCUT2D eigenvalue weighted by Gasteiger charge is 2.34. The molecule has 4 heteroatoms. The van der Waals surface area contributed by atoms with Gasteiger partial charge in [-0.05, 0) is 5.92 Å². The Balaban J connectivity index is 2.63. The topological polar surface area (TPSA) is 55.4 Å². The van der Waals surface area contributed by atoms with Gasteiger partial charge in [0.2, 0.25) is 0 Å². The number of alkyl carbamates (subject to hydrolysis) is 1. The second-order valence-corrected chi connectivity index (χ2v) is 2.56. The van der Waals surface area contributed by atoms with Crippen LogP contribution < -0.4 is 5.32 Å². The van der Waals surface area contributed by atoms with E-state index < -0.39 is 12.2 Å². The molecule has 56 valence electrons. The summed E-state index contributed by atoms with van der Waals surface area (Å²) >= 11 is 0. The molecule has 4 nitrogen and oxygen atoms in total. The molecule has 0 saturated carbocycles. The molecule has 0 spiro atoms. The maximum absolute atomic E-state index is 10.8. The third-order valence-electron chi connectivity index (χ3n) is 1.32. The summed E-state index contributed by atoms with van der Waals surface area (Å²) in [4.78, 5) is 21.2. The normalized spacial score (nSPS) is 24.9. The number of nitrogens with one attached hydrogen (secondary N) is 1. The van der Waals surface area contributed by atoms with Gasteiger partial charge in [0.15, 0.2) is 6.10 Å². The lowest BCUT2D eigenvalue weighted by atomic mass is 10.1. The molecule has 0 aliphatic carbocycles. The average Bonchev–Trinajstić information content (AvgIpc) is 2.10. The molecule has 0 aromatic rings. The lowest BCUT2D eigenvalue weighted by Gasteiger charge is -2.08. The molecule has 1 fully saturated rings. The second-order valence-electron chi connectivity index (χ2n) is 2.56. The van der Waals surface area contributed by atoms with E-state index in [-0.39, 0.29) is 11.8 Å². The number of hydrogen-bond donors (Lipinski definition) is 1. The number of rotatable bonds is 1. The van der Waals surface area contributed by atoms with Crippen LogP contribution >= 0.6 is 0 Å². The first kappa shape index (κ1) is 7.05. The summed E-state index contributed by atoms with van der Waals surface area (Å²) in [5, 5.41) is 2.05. The van der Waals surface area contributed by atoms with E-state index in [0.29, 0.717) is 0 Å². The van der Waals surface area contributed by atoms with Crippen molar-refractivity contribution >= 4 is 12.0 Å². The fourth-order valence-electron chi connectivity index (χ4n) is 0.809. The first-order valence-corrected chi connectivity index (χ1v) is 3.12. The van der Waals surface area contributed by atoms with Crippen molar-refractivity contribution in [3.63, 3.8) is 0 Å². The molecule has 0 aromatic heterocycles. The Bertz CT molecular complexity index is 176. The van der Waals surface area contributed by atoms with Crippen LogP contribution in [0.2, 0.25) is 0 Å². The zero-order valence-corrected chi connectivity index (χ0v) is 5.88. The minimum absolute atomic E-state index is 0.0476. The monoisotopic (exact) mass is 143 g/mol.